The number of ether oxygens (including phenoxy) is 1. The van der Waals surface area contributed by atoms with Crippen LogP contribution in [0.3, 0.4) is 0 Å². The quantitative estimate of drug-likeness (QED) is 0.687. The minimum absolute atomic E-state index is 0.337. The molecule has 0 N–H and O–H groups in total. The van der Waals surface area contributed by atoms with Gasteiger partial charge in [0.05, 0.1) is 19.0 Å². The standard InChI is InChI=1S/C12H12N4O2S/c1-3-16-5-8(4-13-16)9-6-15-7-10(11(17)18-2)19-12(15)14-9/h4-7H,3H2,1-2H3. The highest BCUT2D eigenvalue weighted by molar-refractivity contribution is 7.18. The summed E-state index contributed by atoms with van der Waals surface area (Å²) in [5.74, 6) is -0.337. The monoisotopic (exact) mass is 276 g/mol. The Morgan fingerprint density at radius 2 is 2.26 bits per heavy atom. The van der Waals surface area contributed by atoms with E-state index >= 15 is 0 Å². The predicted molar refractivity (Wildman–Crippen MR) is 71.3 cm³/mol. The molecule has 3 heterocycles. The van der Waals surface area contributed by atoms with Gasteiger partial charge in [0.15, 0.2) is 4.96 Å². The predicted octanol–water partition coefficient (Wildman–Crippen LogP) is 2.07. The third kappa shape index (κ3) is 2.01. The molecule has 0 bridgehead atoms. The lowest BCUT2D eigenvalue weighted by Crippen LogP contribution is -1.97. The first-order valence-electron chi connectivity index (χ1n) is 5.81. The SMILES string of the molecule is CCn1cc(-c2cn3cc(C(=O)OC)sc3n2)cn1. The minimum atomic E-state index is -0.337. The van der Waals surface area contributed by atoms with E-state index in [1.165, 1.54) is 18.4 Å². The van der Waals surface area contributed by atoms with Gasteiger partial charge in [0, 0.05) is 30.7 Å². The van der Waals surface area contributed by atoms with Crippen LogP contribution in [0.15, 0.2) is 24.8 Å². The van der Waals surface area contributed by atoms with Crippen molar-refractivity contribution in [1.29, 1.82) is 0 Å². The summed E-state index contributed by atoms with van der Waals surface area (Å²) < 4.78 is 8.36. The van der Waals surface area contributed by atoms with Gasteiger partial charge in [-0.3, -0.25) is 9.08 Å². The summed E-state index contributed by atoms with van der Waals surface area (Å²) in [7, 11) is 1.37. The van der Waals surface area contributed by atoms with Crippen molar-refractivity contribution in [3.8, 4) is 11.3 Å². The molecule has 0 aliphatic carbocycles. The molecule has 0 saturated carbocycles. The maximum absolute atomic E-state index is 11.4. The van der Waals surface area contributed by atoms with E-state index in [0.717, 1.165) is 22.8 Å². The molecule has 0 aliphatic rings. The van der Waals surface area contributed by atoms with E-state index in [-0.39, 0.29) is 5.97 Å². The Morgan fingerprint density at radius 3 is 2.89 bits per heavy atom. The molecular weight excluding hydrogens is 264 g/mol. The van der Waals surface area contributed by atoms with Crippen LogP contribution in [0.5, 0.6) is 0 Å². The second-order valence-corrected chi connectivity index (χ2v) is 5.00. The van der Waals surface area contributed by atoms with E-state index in [0.29, 0.717) is 4.88 Å². The smallest absolute Gasteiger partial charge is 0.349 e. The fourth-order valence-electron chi connectivity index (χ4n) is 1.80. The van der Waals surface area contributed by atoms with E-state index in [1.807, 2.05) is 28.4 Å². The van der Waals surface area contributed by atoms with Crippen molar-refractivity contribution >= 4 is 22.3 Å². The van der Waals surface area contributed by atoms with Gasteiger partial charge in [-0.25, -0.2) is 9.78 Å². The number of hydrogen-bond donors (Lipinski definition) is 0. The Kier molecular flexibility index (Phi) is 2.83. The zero-order valence-electron chi connectivity index (χ0n) is 10.5. The second kappa shape index (κ2) is 4.51. The number of nitrogens with zero attached hydrogens (tertiary/aromatic N) is 4. The molecule has 3 rings (SSSR count). The van der Waals surface area contributed by atoms with Crippen LogP contribution in [0.25, 0.3) is 16.2 Å². The molecule has 0 saturated heterocycles. The van der Waals surface area contributed by atoms with Crippen molar-refractivity contribution in [3.63, 3.8) is 0 Å². The van der Waals surface area contributed by atoms with Gasteiger partial charge >= 0.3 is 5.97 Å². The molecule has 0 aliphatic heterocycles. The number of aryl methyl sites for hydroxylation is 1. The van der Waals surface area contributed by atoms with Crippen molar-refractivity contribution in [2.24, 2.45) is 0 Å². The largest absolute Gasteiger partial charge is 0.465 e. The Balaban J connectivity index is 1.98. The molecule has 7 heteroatoms. The summed E-state index contributed by atoms with van der Waals surface area (Å²) in [6.07, 6.45) is 7.35. The maximum atomic E-state index is 11.4. The lowest BCUT2D eigenvalue weighted by atomic mass is 10.3. The van der Waals surface area contributed by atoms with Gasteiger partial charge in [-0.05, 0) is 6.92 Å². The molecule has 3 aromatic heterocycles. The maximum Gasteiger partial charge on any atom is 0.349 e. The van der Waals surface area contributed by atoms with Crippen LogP contribution in [-0.4, -0.2) is 32.2 Å². The molecule has 0 spiro atoms. The first kappa shape index (κ1) is 11.9. The van der Waals surface area contributed by atoms with Crippen LogP contribution in [0.4, 0.5) is 0 Å². The number of carbonyl (C=O) groups is 1. The Labute approximate surface area is 113 Å². The molecule has 0 amide bonds. The molecule has 0 aromatic carbocycles. The average Bonchev–Trinajstić information content (AvgIpc) is 3.09. The highest BCUT2D eigenvalue weighted by atomic mass is 32.1. The number of carbonyl (C=O) groups excluding carboxylic acids is 1. The van der Waals surface area contributed by atoms with Gasteiger partial charge < -0.3 is 4.74 Å². The molecule has 19 heavy (non-hydrogen) atoms. The summed E-state index contributed by atoms with van der Waals surface area (Å²) in [5.41, 5.74) is 1.82. The molecule has 98 valence electrons. The number of methoxy groups -OCH3 is 1. The lowest BCUT2D eigenvalue weighted by Gasteiger charge is -1.91. The average molecular weight is 276 g/mol. The van der Waals surface area contributed by atoms with E-state index < -0.39 is 0 Å². The number of aromatic nitrogens is 4. The van der Waals surface area contributed by atoms with Crippen molar-refractivity contribution < 1.29 is 9.53 Å². The Hall–Kier alpha value is -2.15. The van der Waals surface area contributed by atoms with Crippen LogP contribution in [0.1, 0.15) is 16.6 Å². The van der Waals surface area contributed by atoms with Gasteiger partial charge in [0.1, 0.15) is 4.88 Å². The summed E-state index contributed by atoms with van der Waals surface area (Å²) in [5, 5.41) is 4.22. The van der Waals surface area contributed by atoms with Crippen LogP contribution in [0.2, 0.25) is 0 Å². The van der Waals surface area contributed by atoms with Crippen molar-refractivity contribution in [2.45, 2.75) is 13.5 Å². The molecule has 0 radical (unpaired) electrons. The Morgan fingerprint density at radius 1 is 1.42 bits per heavy atom. The van der Waals surface area contributed by atoms with E-state index in [1.54, 1.807) is 12.4 Å². The first-order chi connectivity index (χ1) is 9.21. The molecule has 0 unspecified atom stereocenters. The number of imidazole rings is 1. The fraction of sp³-hybridized carbons (Fsp3) is 0.250. The van der Waals surface area contributed by atoms with Gasteiger partial charge in [-0.1, -0.05) is 11.3 Å². The van der Waals surface area contributed by atoms with Crippen molar-refractivity contribution in [2.75, 3.05) is 7.11 Å². The minimum Gasteiger partial charge on any atom is -0.465 e. The molecular formula is C12H12N4O2S. The molecule has 3 aromatic rings. The van der Waals surface area contributed by atoms with Crippen LogP contribution < -0.4 is 0 Å². The van der Waals surface area contributed by atoms with Crippen molar-refractivity contribution in [3.05, 3.63) is 29.7 Å². The zero-order chi connectivity index (χ0) is 13.4. The van der Waals surface area contributed by atoms with Crippen molar-refractivity contribution in [1.82, 2.24) is 19.2 Å². The van der Waals surface area contributed by atoms with Gasteiger partial charge in [-0.15, -0.1) is 0 Å². The van der Waals surface area contributed by atoms with E-state index in [2.05, 4.69) is 14.8 Å². The van der Waals surface area contributed by atoms with Gasteiger partial charge in [0.25, 0.3) is 0 Å². The summed E-state index contributed by atoms with van der Waals surface area (Å²) >= 11 is 1.31. The van der Waals surface area contributed by atoms with Gasteiger partial charge in [-0.2, -0.15) is 5.10 Å². The van der Waals surface area contributed by atoms with E-state index in [9.17, 15) is 4.79 Å². The second-order valence-electron chi connectivity index (χ2n) is 3.99. The zero-order valence-corrected chi connectivity index (χ0v) is 11.3. The van der Waals surface area contributed by atoms with Gasteiger partial charge in [0.2, 0.25) is 0 Å². The topological polar surface area (TPSA) is 61.4 Å². The summed E-state index contributed by atoms with van der Waals surface area (Å²) in [6.45, 7) is 2.86. The highest BCUT2D eigenvalue weighted by Crippen LogP contribution is 2.24. The fourth-order valence-corrected chi connectivity index (χ4v) is 2.68. The van der Waals surface area contributed by atoms with Crippen LogP contribution in [0, 0.1) is 0 Å². The number of thiazole rings is 1. The Bertz CT molecular complexity index is 708. The van der Waals surface area contributed by atoms with E-state index in [4.69, 9.17) is 0 Å². The lowest BCUT2D eigenvalue weighted by molar-refractivity contribution is 0.0606. The molecule has 0 atom stereocenters. The van der Waals surface area contributed by atoms with Crippen LogP contribution >= 0.6 is 11.3 Å². The molecule has 6 nitrogen and oxygen atoms in total. The third-order valence-corrected chi connectivity index (χ3v) is 3.77. The number of hydrogen-bond acceptors (Lipinski definition) is 5. The summed E-state index contributed by atoms with van der Waals surface area (Å²) in [4.78, 5) is 17.2. The third-order valence-electron chi connectivity index (χ3n) is 2.80. The number of rotatable bonds is 3. The summed E-state index contributed by atoms with van der Waals surface area (Å²) in [6, 6.07) is 0. The number of fused-ring (bicyclic) bond motifs is 1. The molecule has 0 fully saturated rings. The normalized spacial score (nSPS) is 11.1. The number of esters is 1. The van der Waals surface area contributed by atoms with Crippen LogP contribution in [-0.2, 0) is 11.3 Å². The first-order valence-corrected chi connectivity index (χ1v) is 6.62. The highest BCUT2D eigenvalue weighted by Gasteiger charge is 2.14.